The van der Waals surface area contributed by atoms with Gasteiger partial charge in [-0.15, -0.1) is 0 Å². The Morgan fingerprint density at radius 3 is 2.12 bits per heavy atom. The molecule has 0 N–H and O–H groups in total. The van der Waals surface area contributed by atoms with Crippen LogP contribution < -0.4 is 0 Å². The van der Waals surface area contributed by atoms with E-state index in [4.69, 9.17) is 0 Å². The molecule has 2 amide bonds. The van der Waals surface area contributed by atoms with E-state index in [1.807, 2.05) is 26.0 Å². The van der Waals surface area contributed by atoms with Crippen LogP contribution in [0.1, 0.15) is 29.8 Å². The van der Waals surface area contributed by atoms with Gasteiger partial charge in [0.2, 0.25) is 11.8 Å². The van der Waals surface area contributed by atoms with Crippen molar-refractivity contribution in [3.63, 3.8) is 0 Å². The lowest BCUT2D eigenvalue weighted by molar-refractivity contribution is -0.139. The highest BCUT2D eigenvalue weighted by atomic mass is 16.2. The maximum absolute atomic E-state index is 11.4. The Labute approximate surface area is 94.3 Å². The average molecular weight is 218 g/mol. The molecule has 0 atom stereocenters. The molecule has 0 aliphatic carbocycles. The number of nitrogens with zero attached hydrogens (tertiary/aromatic N) is 2. The Morgan fingerprint density at radius 2 is 1.62 bits per heavy atom. The van der Waals surface area contributed by atoms with Crippen LogP contribution in [0.25, 0.3) is 0 Å². The Morgan fingerprint density at radius 1 is 1.12 bits per heavy atom. The van der Waals surface area contributed by atoms with E-state index < -0.39 is 0 Å². The van der Waals surface area contributed by atoms with Gasteiger partial charge >= 0.3 is 0 Å². The maximum Gasteiger partial charge on any atom is 0.229 e. The average Bonchev–Trinajstić information content (AvgIpc) is 2.48. The largest absolute Gasteiger partial charge is 0.278 e. The fraction of sp³-hybridized carbons (Fsp3) is 0.417. The summed E-state index contributed by atoms with van der Waals surface area (Å²) in [6.07, 6.45) is 0.698. The van der Waals surface area contributed by atoms with Crippen molar-refractivity contribution in [2.45, 2.75) is 33.2 Å². The van der Waals surface area contributed by atoms with Crippen molar-refractivity contribution in [2.24, 2.45) is 0 Å². The highest BCUT2D eigenvalue weighted by Gasteiger charge is 2.28. The minimum Gasteiger partial charge on any atom is -0.278 e. The van der Waals surface area contributed by atoms with Crippen molar-refractivity contribution >= 4 is 11.8 Å². The summed E-state index contributed by atoms with van der Waals surface area (Å²) >= 11 is 0. The van der Waals surface area contributed by atoms with Crippen molar-refractivity contribution in [3.05, 3.63) is 29.1 Å². The van der Waals surface area contributed by atoms with Crippen LogP contribution in [0.4, 0.5) is 0 Å². The molecule has 2 rings (SSSR count). The molecule has 1 fully saturated rings. The smallest absolute Gasteiger partial charge is 0.229 e. The lowest BCUT2D eigenvalue weighted by Crippen LogP contribution is -2.28. The summed E-state index contributed by atoms with van der Waals surface area (Å²) in [6.45, 7) is 4.19. The highest BCUT2D eigenvalue weighted by Crippen LogP contribution is 2.16. The molecule has 0 radical (unpaired) electrons. The van der Waals surface area contributed by atoms with E-state index in [2.05, 4.69) is 4.98 Å². The topological polar surface area (TPSA) is 50.3 Å². The van der Waals surface area contributed by atoms with Gasteiger partial charge in [-0.2, -0.15) is 0 Å². The van der Waals surface area contributed by atoms with Crippen molar-refractivity contribution in [1.29, 1.82) is 0 Å². The molecule has 0 aromatic carbocycles. The molecule has 0 spiro atoms. The van der Waals surface area contributed by atoms with Gasteiger partial charge in [0.1, 0.15) is 0 Å². The standard InChI is InChI=1S/C12H14N2O2/c1-8-5-10(6-9(2)13-8)7-14-11(15)3-4-12(14)16/h5-6H,3-4,7H2,1-2H3. The van der Waals surface area contributed by atoms with E-state index >= 15 is 0 Å². The number of likely N-dealkylation sites (tertiary alicyclic amines) is 1. The lowest BCUT2D eigenvalue weighted by Gasteiger charge is -2.14. The molecule has 84 valence electrons. The highest BCUT2D eigenvalue weighted by molar-refractivity contribution is 6.01. The lowest BCUT2D eigenvalue weighted by atomic mass is 10.2. The van der Waals surface area contributed by atoms with Crippen LogP contribution >= 0.6 is 0 Å². The number of carbonyl (C=O) groups excluding carboxylic acids is 2. The van der Waals surface area contributed by atoms with Crippen LogP contribution in [0.2, 0.25) is 0 Å². The number of amides is 2. The summed E-state index contributed by atoms with van der Waals surface area (Å²) in [5.41, 5.74) is 2.79. The number of pyridine rings is 1. The third kappa shape index (κ3) is 2.10. The summed E-state index contributed by atoms with van der Waals surface area (Å²) < 4.78 is 0. The molecule has 1 aliphatic rings. The van der Waals surface area contributed by atoms with Crippen molar-refractivity contribution in [3.8, 4) is 0 Å². The molecule has 0 unspecified atom stereocenters. The molecular formula is C12H14N2O2. The second-order valence-electron chi connectivity index (χ2n) is 4.13. The van der Waals surface area contributed by atoms with E-state index in [0.717, 1.165) is 17.0 Å². The molecule has 0 bridgehead atoms. The van der Waals surface area contributed by atoms with Crippen LogP contribution in [0.5, 0.6) is 0 Å². The molecule has 1 saturated heterocycles. The number of hydrogen-bond acceptors (Lipinski definition) is 3. The van der Waals surface area contributed by atoms with Gasteiger partial charge in [0.15, 0.2) is 0 Å². The van der Waals surface area contributed by atoms with Crippen LogP contribution in [-0.4, -0.2) is 21.7 Å². The fourth-order valence-corrected chi connectivity index (χ4v) is 1.99. The number of hydrogen-bond donors (Lipinski definition) is 0. The van der Waals surface area contributed by atoms with E-state index in [1.165, 1.54) is 4.90 Å². The van der Waals surface area contributed by atoms with Gasteiger partial charge in [0.25, 0.3) is 0 Å². The molecule has 4 nitrogen and oxygen atoms in total. The second-order valence-corrected chi connectivity index (χ2v) is 4.13. The predicted octanol–water partition coefficient (Wildman–Crippen LogP) is 1.35. The first-order valence-corrected chi connectivity index (χ1v) is 5.33. The van der Waals surface area contributed by atoms with Crippen LogP contribution in [0.3, 0.4) is 0 Å². The minimum atomic E-state index is -0.0721. The van der Waals surface area contributed by atoms with Crippen LogP contribution in [-0.2, 0) is 16.1 Å². The third-order valence-electron chi connectivity index (χ3n) is 2.64. The molecule has 2 heterocycles. The number of imide groups is 1. The van der Waals surface area contributed by atoms with E-state index in [0.29, 0.717) is 19.4 Å². The van der Waals surface area contributed by atoms with Gasteiger partial charge in [-0.1, -0.05) is 0 Å². The van der Waals surface area contributed by atoms with Gasteiger partial charge in [-0.3, -0.25) is 19.5 Å². The minimum absolute atomic E-state index is 0.0721. The van der Waals surface area contributed by atoms with E-state index in [9.17, 15) is 9.59 Å². The summed E-state index contributed by atoms with van der Waals surface area (Å²) in [5, 5.41) is 0. The Bertz CT molecular complexity index is 418. The number of carbonyl (C=O) groups is 2. The van der Waals surface area contributed by atoms with Crippen molar-refractivity contribution in [1.82, 2.24) is 9.88 Å². The van der Waals surface area contributed by atoms with E-state index in [1.54, 1.807) is 0 Å². The Hall–Kier alpha value is -1.71. The maximum atomic E-state index is 11.4. The zero-order valence-corrected chi connectivity index (χ0v) is 9.49. The molecule has 4 heteroatoms. The zero-order valence-electron chi connectivity index (χ0n) is 9.49. The van der Waals surface area contributed by atoms with E-state index in [-0.39, 0.29) is 11.8 Å². The SMILES string of the molecule is Cc1cc(CN2C(=O)CCC2=O)cc(C)n1. The molecule has 1 aliphatic heterocycles. The number of aromatic nitrogens is 1. The quantitative estimate of drug-likeness (QED) is 0.704. The Kier molecular flexibility index (Phi) is 2.73. The van der Waals surface area contributed by atoms with Gasteiger partial charge < -0.3 is 0 Å². The van der Waals surface area contributed by atoms with Crippen LogP contribution in [0.15, 0.2) is 12.1 Å². The number of rotatable bonds is 2. The third-order valence-corrected chi connectivity index (χ3v) is 2.64. The van der Waals surface area contributed by atoms with Gasteiger partial charge in [-0.05, 0) is 31.5 Å². The van der Waals surface area contributed by atoms with Crippen molar-refractivity contribution < 1.29 is 9.59 Å². The predicted molar refractivity (Wildman–Crippen MR) is 58.5 cm³/mol. The Balaban J connectivity index is 2.20. The molecule has 16 heavy (non-hydrogen) atoms. The second kappa shape index (κ2) is 4.04. The molecule has 0 saturated carbocycles. The monoisotopic (exact) mass is 218 g/mol. The fourth-order valence-electron chi connectivity index (χ4n) is 1.99. The summed E-state index contributed by atoms with van der Waals surface area (Å²) in [6, 6.07) is 3.82. The van der Waals surface area contributed by atoms with Gasteiger partial charge in [0.05, 0.1) is 6.54 Å². The van der Waals surface area contributed by atoms with Crippen LogP contribution in [0, 0.1) is 13.8 Å². The number of aryl methyl sites for hydroxylation is 2. The normalized spacial score (nSPS) is 16.0. The summed E-state index contributed by atoms with van der Waals surface area (Å²) in [5.74, 6) is -0.144. The first-order valence-electron chi connectivity index (χ1n) is 5.33. The van der Waals surface area contributed by atoms with Crippen molar-refractivity contribution in [2.75, 3.05) is 0 Å². The van der Waals surface area contributed by atoms with Gasteiger partial charge in [0, 0.05) is 24.2 Å². The summed E-state index contributed by atoms with van der Waals surface area (Å²) in [4.78, 5) is 28.5. The molecule has 1 aromatic rings. The zero-order chi connectivity index (χ0) is 11.7. The molecular weight excluding hydrogens is 204 g/mol. The first kappa shape index (κ1) is 10.8. The first-order chi connectivity index (χ1) is 7.56. The summed E-state index contributed by atoms with van der Waals surface area (Å²) in [7, 11) is 0. The molecule has 1 aromatic heterocycles. The van der Waals surface area contributed by atoms with Gasteiger partial charge in [-0.25, -0.2) is 0 Å².